The number of aromatic nitrogens is 1. The van der Waals surface area contributed by atoms with Crippen LogP contribution >= 0.6 is 0 Å². The van der Waals surface area contributed by atoms with Crippen LogP contribution in [-0.2, 0) is 23.3 Å². The van der Waals surface area contributed by atoms with Gasteiger partial charge in [-0.05, 0) is 35.7 Å². The first kappa shape index (κ1) is 21.2. The van der Waals surface area contributed by atoms with Crippen LogP contribution in [0.2, 0.25) is 0 Å². The zero-order chi connectivity index (χ0) is 21.7. The summed E-state index contributed by atoms with van der Waals surface area (Å²) in [5, 5.41) is 14.3. The highest BCUT2D eigenvalue weighted by Crippen LogP contribution is 2.34. The van der Waals surface area contributed by atoms with Gasteiger partial charge in [-0.3, -0.25) is 14.7 Å². The topological polar surface area (TPSA) is 65.5 Å². The van der Waals surface area contributed by atoms with Gasteiger partial charge in [0.05, 0.1) is 23.8 Å². The molecule has 4 rings (SSSR count). The Kier molecular flexibility index (Phi) is 6.39. The molecule has 1 aromatic heterocycles. The van der Waals surface area contributed by atoms with Gasteiger partial charge in [-0.1, -0.05) is 54.6 Å². The summed E-state index contributed by atoms with van der Waals surface area (Å²) in [4.78, 5) is 19.4. The Hall–Kier alpha value is -3.09. The van der Waals surface area contributed by atoms with Gasteiger partial charge in [0.1, 0.15) is 5.82 Å². The van der Waals surface area contributed by atoms with E-state index >= 15 is 0 Å². The normalized spacial score (nSPS) is 21.5. The minimum Gasteiger partial charge on any atom is -0.389 e. The fraction of sp³-hybridized carbons (Fsp3) is 0.280. The average molecular weight is 420 g/mol. The number of likely N-dealkylation sites (tertiary alicyclic amines) is 1. The Morgan fingerprint density at radius 2 is 1.84 bits per heavy atom. The lowest BCUT2D eigenvalue weighted by atomic mass is 9.78. The number of hydrogen-bond donors (Lipinski definition) is 2. The molecular formula is C25H26FN3O2. The molecule has 3 aromatic rings. The van der Waals surface area contributed by atoms with E-state index in [0.29, 0.717) is 31.6 Å². The van der Waals surface area contributed by atoms with Crippen LogP contribution in [-0.4, -0.2) is 40.1 Å². The molecule has 0 saturated carbocycles. The lowest BCUT2D eigenvalue weighted by Crippen LogP contribution is -2.62. The first-order chi connectivity index (χ1) is 15.1. The summed E-state index contributed by atoms with van der Waals surface area (Å²) < 4.78 is 14.0. The SMILES string of the molecule is O=C(Cc1ccccc1F)N[C@]1(c2ccccc2)CCN(Cc2ccccn2)C[C@H]1O. The number of nitrogens with one attached hydrogen (secondary N) is 1. The predicted molar refractivity (Wildman–Crippen MR) is 117 cm³/mol. The molecule has 2 atom stereocenters. The molecule has 1 aliphatic rings. The molecule has 1 saturated heterocycles. The van der Waals surface area contributed by atoms with Crippen LogP contribution in [0.25, 0.3) is 0 Å². The molecule has 0 spiro atoms. The van der Waals surface area contributed by atoms with Crippen LogP contribution in [0.4, 0.5) is 4.39 Å². The molecule has 160 valence electrons. The maximum Gasteiger partial charge on any atom is 0.225 e. The van der Waals surface area contributed by atoms with E-state index in [2.05, 4.69) is 15.2 Å². The number of benzene rings is 2. The molecule has 5 nitrogen and oxygen atoms in total. The number of carbonyl (C=O) groups excluding carboxylic acids is 1. The van der Waals surface area contributed by atoms with Crippen molar-refractivity contribution in [2.45, 2.75) is 31.0 Å². The summed E-state index contributed by atoms with van der Waals surface area (Å²) in [5.41, 5.74) is 1.20. The van der Waals surface area contributed by atoms with Gasteiger partial charge in [0.15, 0.2) is 0 Å². The Morgan fingerprint density at radius 3 is 2.55 bits per heavy atom. The molecule has 1 aliphatic heterocycles. The van der Waals surface area contributed by atoms with Gasteiger partial charge in [0.25, 0.3) is 0 Å². The quantitative estimate of drug-likeness (QED) is 0.645. The molecule has 31 heavy (non-hydrogen) atoms. The average Bonchev–Trinajstić information content (AvgIpc) is 2.79. The largest absolute Gasteiger partial charge is 0.389 e. The standard InChI is InChI=1S/C25H26FN3O2/c26-22-12-5-4-8-19(22)16-24(31)28-25(20-9-2-1-3-10-20)13-15-29(18-23(25)30)17-21-11-6-7-14-27-21/h1-12,14,23,30H,13,15-18H2,(H,28,31)/t23-,25+/m1/s1. The van der Waals surface area contributed by atoms with Crippen molar-refractivity contribution in [1.29, 1.82) is 0 Å². The number of hydrogen-bond acceptors (Lipinski definition) is 4. The molecule has 1 fully saturated rings. The number of pyridine rings is 1. The highest BCUT2D eigenvalue weighted by molar-refractivity contribution is 5.79. The summed E-state index contributed by atoms with van der Waals surface area (Å²) >= 11 is 0. The molecular weight excluding hydrogens is 393 g/mol. The van der Waals surface area contributed by atoms with E-state index in [1.807, 2.05) is 48.5 Å². The lowest BCUT2D eigenvalue weighted by Gasteiger charge is -2.46. The van der Waals surface area contributed by atoms with Crippen molar-refractivity contribution in [3.63, 3.8) is 0 Å². The summed E-state index contributed by atoms with van der Waals surface area (Å²) in [7, 11) is 0. The number of rotatable bonds is 6. The zero-order valence-corrected chi connectivity index (χ0v) is 17.2. The van der Waals surface area contributed by atoms with Crippen LogP contribution in [0.1, 0.15) is 23.2 Å². The number of aliphatic hydroxyl groups is 1. The van der Waals surface area contributed by atoms with Gasteiger partial charge in [-0.25, -0.2) is 4.39 Å². The minimum atomic E-state index is -0.926. The monoisotopic (exact) mass is 419 g/mol. The molecule has 2 aromatic carbocycles. The van der Waals surface area contributed by atoms with Gasteiger partial charge < -0.3 is 10.4 Å². The lowest BCUT2D eigenvalue weighted by molar-refractivity contribution is -0.126. The maximum atomic E-state index is 14.0. The third-order valence-electron chi connectivity index (χ3n) is 5.89. The van der Waals surface area contributed by atoms with Crippen molar-refractivity contribution in [3.8, 4) is 0 Å². The van der Waals surface area contributed by atoms with Crippen molar-refractivity contribution in [2.24, 2.45) is 0 Å². The van der Waals surface area contributed by atoms with Gasteiger partial charge in [-0.2, -0.15) is 0 Å². The molecule has 1 amide bonds. The van der Waals surface area contributed by atoms with E-state index in [1.165, 1.54) is 6.07 Å². The first-order valence-corrected chi connectivity index (χ1v) is 10.5. The van der Waals surface area contributed by atoms with Crippen LogP contribution in [0.15, 0.2) is 79.0 Å². The predicted octanol–water partition coefficient (Wildman–Crippen LogP) is 3.04. The molecule has 0 bridgehead atoms. The first-order valence-electron chi connectivity index (χ1n) is 10.5. The summed E-state index contributed by atoms with van der Waals surface area (Å²) in [6.07, 6.45) is 1.39. The Labute approximate surface area is 181 Å². The molecule has 6 heteroatoms. The fourth-order valence-corrected chi connectivity index (χ4v) is 4.26. The second kappa shape index (κ2) is 9.37. The fourth-order valence-electron chi connectivity index (χ4n) is 4.26. The maximum absolute atomic E-state index is 14.0. The number of nitrogens with zero attached hydrogens (tertiary/aromatic N) is 2. The van der Waals surface area contributed by atoms with Gasteiger partial charge in [0.2, 0.25) is 5.91 Å². The van der Waals surface area contributed by atoms with Crippen molar-refractivity contribution in [3.05, 3.63) is 102 Å². The number of carbonyl (C=O) groups is 1. The molecule has 2 N–H and O–H groups in total. The summed E-state index contributed by atoms with van der Waals surface area (Å²) in [5.74, 6) is -0.719. The highest BCUT2D eigenvalue weighted by atomic mass is 19.1. The number of piperidine rings is 1. The van der Waals surface area contributed by atoms with Crippen LogP contribution in [0.5, 0.6) is 0 Å². The minimum absolute atomic E-state index is 0.0778. The second-order valence-corrected chi connectivity index (χ2v) is 7.98. The van der Waals surface area contributed by atoms with Crippen molar-refractivity contribution in [2.75, 3.05) is 13.1 Å². The molecule has 0 radical (unpaired) electrons. The van der Waals surface area contributed by atoms with Crippen LogP contribution in [0.3, 0.4) is 0 Å². The van der Waals surface area contributed by atoms with Gasteiger partial charge >= 0.3 is 0 Å². The number of β-amino-alcohol motifs (C(OH)–C–C–N with tert-alkyl or cyclic N) is 1. The Bertz CT molecular complexity index is 1020. The van der Waals surface area contributed by atoms with Crippen molar-refractivity contribution in [1.82, 2.24) is 15.2 Å². The highest BCUT2D eigenvalue weighted by Gasteiger charge is 2.44. The van der Waals surface area contributed by atoms with E-state index < -0.39 is 17.5 Å². The molecule has 2 heterocycles. The number of halogens is 1. The van der Waals surface area contributed by atoms with Crippen LogP contribution < -0.4 is 5.32 Å². The van der Waals surface area contributed by atoms with Crippen LogP contribution in [0, 0.1) is 5.82 Å². The Morgan fingerprint density at radius 1 is 1.10 bits per heavy atom. The number of aliphatic hydroxyl groups excluding tert-OH is 1. The summed E-state index contributed by atoms with van der Waals surface area (Å²) in [6.45, 7) is 1.71. The van der Waals surface area contributed by atoms with E-state index in [1.54, 1.807) is 24.4 Å². The van der Waals surface area contributed by atoms with Gasteiger partial charge in [-0.15, -0.1) is 0 Å². The van der Waals surface area contributed by atoms with Crippen molar-refractivity contribution < 1.29 is 14.3 Å². The smallest absolute Gasteiger partial charge is 0.225 e. The Balaban J connectivity index is 1.53. The zero-order valence-electron chi connectivity index (χ0n) is 17.2. The third-order valence-corrected chi connectivity index (χ3v) is 5.89. The van der Waals surface area contributed by atoms with Gasteiger partial charge in [0, 0.05) is 25.8 Å². The van der Waals surface area contributed by atoms with E-state index in [4.69, 9.17) is 0 Å². The summed E-state index contributed by atoms with van der Waals surface area (Å²) in [6, 6.07) is 21.6. The molecule has 0 unspecified atom stereocenters. The van der Waals surface area contributed by atoms with E-state index in [9.17, 15) is 14.3 Å². The second-order valence-electron chi connectivity index (χ2n) is 7.98. The van der Waals surface area contributed by atoms with E-state index in [0.717, 1.165) is 11.3 Å². The molecule has 0 aliphatic carbocycles. The number of amides is 1. The van der Waals surface area contributed by atoms with E-state index in [-0.39, 0.29) is 12.3 Å². The third kappa shape index (κ3) is 4.81. The van der Waals surface area contributed by atoms with Crippen molar-refractivity contribution >= 4 is 5.91 Å².